The number of nitrogens with one attached hydrogen (secondary N) is 2. The van der Waals surface area contributed by atoms with Gasteiger partial charge in [0.05, 0.1) is 5.56 Å². The lowest BCUT2D eigenvalue weighted by atomic mass is 10.2. The molecule has 0 saturated carbocycles. The monoisotopic (exact) mass is 318 g/mol. The molecule has 116 valence electrons. The van der Waals surface area contributed by atoms with Crippen molar-refractivity contribution in [3.05, 3.63) is 46.7 Å². The minimum Gasteiger partial charge on any atom is -0.350 e. The second kappa shape index (κ2) is 7.22. The summed E-state index contributed by atoms with van der Waals surface area (Å²) in [5.74, 6) is 0.249. The van der Waals surface area contributed by atoms with Gasteiger partial charge in [0.25, 0.3) is 5.91 Å². The predicted molar refractivity (Wildman–Crippen MR) is 88.7 cm³/mol. The summed E-state index contributed by atoms with van der Waals surface area (Å²) in [5.41, 5.74) is 2.24. The smallest absolute Gasteiger partial charge is 0.254 e. The van der Waals surface area contributed by atoms with Crippen LogP contribution in [0.15, 0.2) is 30.6 Å². The molecule has 1 heterocycles. The Kier molecular flexibility index (Phi) is 5.33. The van der Waals surface area contributed by atoms with E-state index in [0.717, 1.165) is 17.7 Å². The number of anilines is 2. The quantitative estimate of drug-likeness (QED) is 0.882. The predicted octanol–water partition coefficient (Wildman–Crippen LogP) is 3.71. The number of nitrogens with zero attached hydrogens (tertiary/aromatic N) is 2. The first-order valence-electron chi connectivity index (χ1n) is 7.15. The van der Waals surface area contributed by atoms with Crippen LogP contribution in [0.5, 0.6) is 0 Å². The first-order chi connectivity index (χ1) is 10.5. The Morgan fingerprint density at radius 3 is 2.59 bits per heavy atom. The van der Waals surface area contributed by atoms with Gasteiger partial charge in [0.15, 0.2) is 0 Å². The Hall–Kier alpha value is -2.14. The number of hydrogen-bond acceptors (Lipinski definition) is 4. The fourth-order valence-corrected chi connectivity index (χ4v) is 1.90. The van der Waals surface area contributed by atoms with Crippen molar-refractivity contribution in [2.24, 2.45) is 0 Å². The van der Waals surface area contributed by atoms with Gasteiger partial charge < -0.3 is 10.6 Å². The SMILES string of the molecule is CCC(C)NC(=O)c1cnc(Nc2ccc(C)c(Cl)c2)nc1. The van der Waals surface area contributed by atoms with Crippen molar-refractivity contribution in [3.63, 3.8) is 0 Å². The first-order valence-corrected chi connectivity index (χ1v) is 7.53. The molecule has 0 bridgehead atoms. The maximum atomic E-state index is 11.9. The van der Waals surface area contributed by atoms with Crippen LogP contribution in [0.1, 0.15) is 36.2 Å². The number of carbonyl (C=O) groups is 1. The topological polar surface area (TPSA) is 66.9 Å². The van der Waals surface area contributed by atoms with Gasteiger partial charge in [-0.15, -0.1) is 0 Å². The van der Waals surface area contributed by atoms with Gasteiger partial charge in [-0.05, 0) is 38.0 Å². The summed E-state index contributed by atoms with van der Waals surface area (Å²) in [6, 6.07) is 5.75. The molecule has 2 N–H and O–H groups in total. The molecule has 6 heteroatoms. The van der Waals surface area contributed by atoms with Gasteiger partial charge in [0.1, 0.15) is 0 Å². The number of amides is 1. The molecule has 22 heavy (non-hydrogen) atoms. The highest BCUT2D eigenvalue weighted by Crippen LogP contribution is 2.21. The maximum absolute atomic E-state index is 11.9. The average Bonchev–Trinajstić information content (AvgIpc) is 2.51. The number of carbonyl (C=O) groups excluding carboxylic acids is 1. The Morgan fingerprint density at radius 1 is 1.32 bits per heavy atom. The second-order valence-electron chi connectivity index (χ2n) is 5.17. The van der Waals surface area contributed by atoms with E-state index < -0.39 is 0 Å². The zero-order valence-electron chi connectivity index (χ0n) is 12.9. The van der Waals surface area contributed by atoms with E-state index in [1.54, 1.807) is 0 Å². The molecule has 0 radical (unpaired) electrons. The second-order valence-corrected chi connectivity index (χ2v) is 5.57. The molecule has 0 spiro atoms. The molecule has 1 atom stereocenters. The van der Waals surface area contributed by atoms with Crippen molar-refractivity contribution in [1.29, 1.82) is 0 Å². The van der Waals surface area contributed by atoms with Crippen LogP contribution in [0, 0.1) is 6.92 Å². The number of aryl methyl sites for hydroxylation is 1. The molecular weight excluding hydrogens is 300 g/mol. The van der Waals surface area contributed by atoms with Crippen molar-refractivity contribution < 1.29 is 4.79 Å². The summed E-state index contributed by atoms with van der Waals surface area (Å²) in [5, 5.41) is 6.60. The van der Waals surface area contributed by atoms with Crippen molar-refractivity contribution in [1.82, 2.24) is 15.3 Å². The van der Waals surface area contributed by atoms with E-state index in [1.807, 2.05) is 39.0 Å². The van der Waals surface area contributed by atoms with Gasteiger partial charge in [0, 0.05) is 29.1 Å². The summed E-state index contributed by atoms with van der Waals surface area (Å²) >= 11 is 6.08. The van der Waals surface area contributed by atoms with E-state index in [4.69, 9.17) is 11.6 Å². The van der Waals surface area contributed by atoms with E-state index in [-0.39, 0.29) is 11.9 Å². The summed E-state index contributed by atoms with van der Waals surface area (Å²) < 4.78 is 0. The highest BCUT2D eigenvalue weighted by atomic mass is 35.5. The fraction of sp³-hybridized carbons (Fsp3) is 0.312. The molecule has 0 saturated heterocycles. The van der Waals surface area contributed by atoms with Gasteiger partial charge >= 0.3 is 0 Å². The van der Waals surface area contributed by atoms with E-state index in [9.17, 15) is 4.79 Å². The van der Waals surface area contributed by atoms with Gasteiger partial charge in [-0.25, -0.2) is 9.97 Å². The average molecular weight is 319 g/mol. The Morgan fingerprint density at radius 2 is 2.00 bits per heavy atom. The van der Waals surface area contributed by atoms with Crippen molar-refractivity contribution in [3.8, 4) is 0 Å². The summed E-state index contributed by atoms with van der Waals surface area (Å²) in [7, 11) is 0. The Bertz CT molecular complexity index is 658. The number of halogens is 1. The molecule has 0 aliphatic carbocycles. The molecule has 5 nitrogen and oxygen atoms in total. The van der Waals surface area contributed by atoms with E-state index in [1.165, 1.54) is 12.4 Å². The van der Waals surface area contributed by atoms with Gasteiger partial charge in [-0.3, -0.25) is 4.79 Å². The number of rotatable bonds is 5. The summed E-state index contributed by atoms with van der Waals surface area (Å²) in [4.78, 5) is 20.2. The van der Waals surface area contributed by atoms with Crippen LogP contribution in [0.3, 0.4) is 0 Å². The highest BCUT2D eigenvalue weighted by molar-refractivity contribution is 6.31. The third-order valence-electron chi connectivity index (χ3n) is 3.33. The van der Waals surface area contributed by atoms with Crippen LogP contribution >= 0.6 is 11.6 Å². The molecule has 0 aliphatic heterocycles. The van der Waals surface area contributed by atoms with Crippen LogP contribution < -0.4 is 10.6 Å². The van der Waals surface area contributed by atoms with Crippen LogP contribution in [0.2, 0.25) is 5.02 Å². The van der Waals surface area contributed by atoms with Crippen LogP contribution in [-0.2, 0) is 0 Å². The van der Waals surface area contributed by atoms with E-state index >= 15 is 0 Å². The van der Waals surface area contributed by atoms with E-state index in [2.05, 4.69) is 20.6 Å². The summed E-state index contributed by atoms with van der Waals surface area (Å²) in [6.07, 6.45) is 3.88. The standard InChI is InChI=1S/C16H19ClN4O/c1-4-11(3)20-15(22)12-8-18-16(19-9-12)21-13-6-5-10(2)14(17)7-13/h5-9,11H,4H2,1-3H3,(H,20,22)(H,18,19,21). The number of aromatic nitrogens is 2. The maximum Gasteiger partial charge on any atom is 0.254 e. The lowest BCUT2D eigenvalue weighted by molar-refractivity contribution is 0.0938. The lowest BCUT2D eigenvalue weighted by Gasteiger charge is -2.11. The van der Waals surface area contributed by atoms with Crippen LogP contribution in [-0.4, -0.2) is 21.9 Å². The lowest BCUT2D eigenvalue weighted by Crippen LogP contribution is -2.32. The first kappa shape index (κ1) is 16.2. The van der Waals surface area contributed by atoms with Crippen LogP contribution in [0.25, 0.3) is 0 Å². The third-order valence-corrected chi connectivity index (χ3v) is 3.74. The Balaban J connectivity index is 2.05. The summed E-state index contributed by atoms with van der Waals surface area (Å²) in [6.45, 7) is 5.91. The molecule has 1 unspecified atom stereocenters. The molecule has 2 rings (SSSR count). The number of benzene rings is 1. The molecule has 1 aromatic carbocycles. The van der Waals surface area contributed by atoms with Gasteiger partial charge in [-0.1, -0.05) is 24.6 Å². The fourth-order valence-electron chi connectivity index (χ4n) is 1.72. The minimum atomic E-state index is -0.167. The van der Waals surface area contributed by atoms with Crippen molar-refractivity contribution in [2.75, 3.05) is 5.32 Å². The zero-order chi connectivity index (χ0) is 16.1. The molecule has 0 aliphatic rings. The highest BCUT2D eigenvalue weighted by Gasteiger charge is 2.09. The molecule has 0 fully saturated rings. The normalized spacial score (nSPS) is 11.8. The van der Waals surface area contributed by atoms with Gasteiger partial charge in [0.2, 0.25) is 5.95 Å². The molecule has 1 aromatic heterocycles. The zero-order valence-corrected chi connectivity index (χ0v) is 13.6. The van der Waals surface area contributed by atoms with Gasteiger partial charge in [-0.2, -0.15) is 0 Å². The molecule has 1 amide bonds. The number of hydrogen-bond donors (Lipinski definition) is 2. The van der Waals surface area contributed by atoms with Crippen molar-refractivity contribution >= 4 is 29.1 Å². The largest absolute Gasteiger partial charge is 0.350 e. The van der Waals surface area contributed by atoms with Crippen LogP contribution in [0.4, 0.5) is 11.6 Å². The molecular formula is C16H19ClN4O. The minimum absolute atomic E-state index is 0.125. The Labute approximate surface area is 135 Å². The molecule has 2 aromatic rings. The third kappa shape index (κ3) is 4.18. The van der Waals surface area contributed by atoms with E-state index in [0.29, 0.717) is 16.5 Å². The van der Waals surface area contributed by atoms with Crippen molar-refractivity contribution in [2.45, 2.75) is 33.2 Å².